The molecule has 0 saturated heterocycles. The molecule has 13 heteroatoms. The fourth-order valence-electron chi connectivity index (χ4n) is 4.63. The predicted molar refractivity (Wildman–Crippen MR) is 146 cm³/mol. The van der Waals surface area contributed by atoms with Crippen LogP contribution < -0.4 is 24.3 Å². The zero-order chi connectivity index (χ0) is 30.0. The number of alkyl halides is 3. The molecule has 3 aromatic carbocycles. The number of carbonyl (C=O) groups excluding carboxylic acids is 2. The van der Waals surface area contributed by atoms with Gasteiger partial charge in [0.2, 0.25) is 6.79 Å². The van der Waals surface area contributed by atoms with Crippen LogP contribution in [0.4, 0.5) is 23.7 Å². The van der Waals surface area contributed by atoms with Crippen LogP contribution in [0.3, 0.4) is 0 Å². The van der Waals surface area contributed by atoms with Crippen LogP contribution in [0.2, 0.25) is 0 Å². The number of hydrogen-bond donors (Lipinski definition) is 1. The molecular weight excluding hydrogens is 557 g/mol. The highest BCUT2D eigenvalue weighted by atomic mass is 19.4. The highest BCUT2D eigenvalue weighted by molar-refractivity contribution is 6.05. The Morgan fingerprint density at radius 1 is 1.02 bits per heavy atom. The number of nitrogens with one attached hydrogen (secondary N) is 1. The molecule has 42 heavy (non-hydrogen) atoms. The highest BCUT2D eigenvalue weighted by Crippen LogP contribution is 2.40. The number of halogens is 3. The molecule has 1 atom stereocenters. The molecular formula is C29H27F3N4O6. The minimum absolute atomic E-state index is 0.0930. The maximum atomic E-state index is 13.6. The predicted octanol–water partition coefficient (Wildman–Crippen LogP) is 5.29. The number of ether oxygens (including phenoxy) is 4. The van der Waals surface area contributed by atoms with Gasteiger partial charge in [0.05, 0.1) is 31.5 Å². The number of anilines is 1. The largest absolute Gasteiger partial charge is 0.497 e. The third kappa shape index (κ3) is 5.90. The molecule has 5 rings (SSSR count). The standard InChI is InChI=1S/C29H27F3N4O6/c1-35(28(38)33-19-7-5-18(6-8-19)29(30,31)32)15-27(37)36-23(17-4-11-24-26(12-17)42-16-41-24)14-22(34-36)21-10-9-20(39-2)13-25(21)40-3/h4-13,23H,14-16H2,1-3H3,(H,33,38)/t23-/m0/s1. The van der Waals surface area contributed by atoms with Crippen molar-refractivity contribution in [2.45, 2.75) is 18.6 Å². The Kier molecular flexibility index (Phi) is 7.83. The lowest BCUT2D eigenvalue weighted by Crippen LogP contribution is -2.41. The Labute approximate surface area is 239 Å². The highest BCUT2D eigenvalue weighted by Gasteiger charge is 2.36. The van der Waals surface area contributed by atoms with Crippen LogP contribution in [-0.2, 0) is 11.0 Å². The van der Waals surface area contributed by atoms with Crippen LogP contribution in [0, 0.1) is 0 Å². The molecule has 2 aliphatic heterocycles. The molecule has 0 saturated carbocycles. The SMILES string of the molecule is COc1ccc(C2=NN(C(=O)CN(C)C(=O)Nc3ccc(C(F)(F)F)cc3)[C@H](c3ccc4c(c3)OCO4)C2)c(OC)c1. The van der Waals surface area contributed by atoms with Gasteiger partial charge in [-0.1, -0.05) is 6.07 Å². The molecule has 3 aromatic rings. The maximum absolute atomic E-state index is 13.6. The zero-order valence-electron chi connectivity index (χ0n) is 22.9. The first-order chi connectivity index (χ1) is 20.1. The first-order valence-electron chi connectivity index (χ1n) is 12.8. The van der Waals surface area contributed by atoms with Crippen molar-refractivity contribution >= 4 is 23.3 Å². The van der Waals surface area contributed by atoms with Gasteiger partial charge >= 0.3 is 12.2 Å². The van der Waals surface area contributed by atoms with E-state index in [0.717, 1.165) is 34.7 Å². The lowest BCUT2D eigenvalue weighted by atomic mass is 9.97. The van der Waals surface area contributed by atoms with Gasteiger partial charge in [-0.15, -0.1) is 0 Å². The molecule has 2 aliphatic rings. The number of benzene rings is 3. The fraction of sp³-hybridized carbons (Fsp3) is 0.276. The topological polar surface area (TPSA) is 102 Å². The number of carbonyl (C=O) groups is 2. The van der Waals surface area contributed by atoms with E-state index in [4.69, 9.17) is 18.9 Å². The minimum Gasteiger partial charge on any atom is -0.497 e. The second kappa shape index (κ2) is 11.5. The van der Waals surface area contributed by atoms with Gasteiger partial charge in [0, 0.05) is 30.8 Å². The Hall–Kier alpha value is -4.94. The first kappa shape index (κ1) is 28.6. The van der Waals surface area contributed by atoms with Crippen LogP contribution in [0.15, 0.2) is 65.8 Å². The van der Waals surface area contributed by atoms with Gasteiger partial charge in [-0.25, -0.2) is 9.80 Å². The summed E-state index contributed by atoms with van der Waals surface area (Å²) in [5.74, 6) is 1.76. The Morgan fingerprint density at radius 2 is 1.76 bits per heavy atom. The number of likely N-dealkylation sites (N-methyl/N-ethyl adjacent to an activating group) is 1. The number of methoxy groups -OCH3 is 2. The Morgan fingerprint density at radius 3 is 2.45 bits per heavy atom. The molecule has 1 N–H and O–H groups in total. The Balaban J connectivity index is 1.37. The van der Waals surface area contributed by atoms with Gasteiger partial charge in [-0.05, 0) is 54.1 Å². The zero-order valence-corrected chi connectivity index (χ0v) is 22.9. The summed E-state index contributed by atoms with van der Waals surface area (Å²) >= 11 is 0. The molecule has 2 heterocycles. The third-order valence-electron chi connectivity index (χ3n) is 6.85. The minimum atomic E-state index is -4.49. The number of amides is 3. The summed E-state index contributed by atoms with van der Waals surface area (Å²) in [6.07, 6.45) is -4.15. The van der Waals surface area contributed by atoms with Gasteiger partial charge < -0.3 is 29.2 Å². The van der Waals surface area contributed by atoms with Crippen LogP contribution in [-0.4, -0.2) is 62.2 Å². The van der Waals surface area contributed by atoms with E-state index in [1.807, 2.05) is 6.07 Å². The lowest BCUT2D eigenvalue weighted by Gasteiger charge is -2.25. The van der Waals surface area contributed by atoms with Crippen molar-refractivity contribution in [2.75, 3.05) is 39.9 Å². The summed E-state index contributed by atoms with van der Waals surface area (Å²) in [5.41, 5.74) is 1.32. The maximum Gasteiger partial charge on any atom is 0.416 e. The molecule has 0 bridgehead atoms. The van der Waals surface area contributed by atoms with Crippen molar-refractivity contribution in [3.8, 4) is 23.0 Å². The van der Waals surface area contributed by atoms with Gasteiger partial charge in [-0.3, -0.25) is 4.79 Å². The number of urea groups is 1. The van der Waals surface area contributed by atoms with Crippen molar-refractivity contribution in [2.24, 2.45) is 5.10 Å². The van der Waals surface area contributed by atoms with Crippen LogP contribution in [0.25, 0.3) is 0 Å². The molecule has 0 unspecified atom stereocenters. The monoisotopic (exact) mass is 584 g/mol. The lowest BCUT2D eigenvalue weighted by molar-refractivity contribution is -0.137. The molecule has 0 spiro atoms. The van der Waals surface area contributed by atoms with E-state index in [9.17, 15) is 22.8 Å². The van der Waals surface area contributed by atoms with E-state index in [-0.39, 0.29) is 19.0 Å². The van der Waals surface area contributed by atoms with Crippen LogP contribution in [0.1, 0.15) is 29.2 Å². The van der Waals surface area contributed by atoms with Crippen LogP contribution in [0.5, 0.6) is 23.0 Å². The van der Waals surface area contributed by atoms with E-state index < -0.39 is 29.7 Å². The van der Waals surface area contributed by atoms with Gasteiger partial charge in [0.15, 0.2) is 11.5 Å². The van der Waals surface area contributed by atoms with Crippen molar-refractivity contribution in [1.82, 2.24) is 9.91 Å². The molecule has 0 fully saturated rings. The smallest absolute Gasteiger partial charge is 0.416 e. The normalized spacial score (nSPS) is 15.7. The van der Waals surface area contributed by atoms with Crippen molar-refractivity contribution in [1.29, 1.82) is 0 Å². The molecule has 3 amide bonds. The first-order valence-corrected chi connectivity index (χ1v) is 12.8. The molecule has 220 valence electrons. The van der Waals surface area contributed by atoms with Crippen molar-refractivity contribution in [3.05, 3.63) is 77.4 Å². The summed E-state index contributed by atoms with van der Waals surface area (Å²) in [6.45, 7) is -0.264. The second-order valence-electron chi connectivity index (χ2n) is 9.55. The number of hydrazone groups is 1. The molecule has 10 nitrogen and oxygen atoms in total. The van der Waals surface area contributed by atoms with E-state index >= 15 is 0 Å². The van der Waals surface area contributed by atoms with E-state index in [2.05, 4.69) is 10.4 Å². The summed E-state index contributed by atoms with van der Waals surface area (Å²) in [6, 6.07) is 13.5. The second-order valence-corrected chi connectivity index (χ2v) is 9.55. The number of rotatable bonds is 7. The number of fused-ring (bicyclic) bond motifs is 1. The molecule has 0 radical (unpaired) electrons. The number of hydrogen-bond acceptors (Lipinski definition) is 7. The van der Waals surface area contributed by atoms with Gasteiger partial charge in [-0.2, -0.15) is 18.3 Å². The fourth-order valence-corrected chi connectivity index (χ4v) is 4.63. The molecule has 0 aliphatic carbocycles. The van der Waals surface area contributed by atoms with Crippen molar-refractivity contribution < 1.29 is 41.7 Å². The Bertz CT molecular complexity index is 1530. The third-order valence-corrected chi connectivity index (χ3v) is 6.85. The van der Waals surface area contributed by atoms with E-state index in [1.165, 1.54) is 19.2 Å². The summed E-state index contributed by atoms with van der Waals surface area (Å²) in [7, 11) is 4.47. The van der Waals surface area contributed by atoms with Crippen molar-refractivity contribution in [3.63, 3.8) is 0 Å². The summed E-state index contributed by atoms with van der Waals surface area (Å²) in [4.78, 5) is 27.5. The summed E-state index contributed by atoms with van der Waals surface area (Å²) in [5, 5.41) is 8.47. The van der Waals surface area contributed by atoms with Crippen LogP contribution >= 0.6 is 0 Å². The quantitative estimate of drug-likeness (QED) is 0.405. The summed E-state index contributed by atoms with van der Waals surface area (Å²) < 4.78 is 60.4. The average Bonchev–Trinajstić information content (AvgIpc) is 3.63. The van der Waals surface area contributed by atoms with Gasteiger partial charge in [0.1, 0.15) is 18.0 Å². The van der Waals surface area contributed by atoms with E-state index in [0.29, 0.717) is 40.7 Å². The van der Waals surface area contributed by atoms with Gasteiger partial charge in [0.25, 0.3) is 5.91 Å². The average molecular weight is 585 g/mol. The number of nitrogens with zero attached hydrogens (tertiary/aromatic N) is 3. The molecule has 0 aromatic heterocycles. The van der Waals surface area contributed by atoms with E-state index in [1.54, 1.807) is 37.4 Å².